The Morgan fingerprint density at radius 2 is 1.05 bits per heavy atom. The summed E-state index contributed by atoms with van der Waals surface area (Å²) in [6, 6.07) is 24.2. The summed E-state index contributed by atoms with van der Waals surface area (Å²) in [5.41, 5.74) is 5.02. The standard InChI is InChI=1S/C19H16O/c1-14-17(15-8-4-2-5-9-15)12-13-18(19(14)20)16-10-6-3-7-11-16/h2-13,20H,1H3. The summed E-state index contributed by atoms with van der Waals surface area (Å²) in [4.78, 5) is 0. The van der Waals surface area contributed by atoms with Crippen molar-refractivity contribution in [1.82, 2.24) is 0 Å². The van der Waals surface area contributed by atoms with E-state index in [0.29, 0.717) is 5.75 Å². The van der Waals surface area contributed by atoms with E-state index >= 15 is 0 Å². The monoisotopic (exact) mass is 260 g/mol. The fourth-order valence-corrected chi connectivity index (χ4v) is 2.48. The summed E-state index contributed by atoms with van der Waals surface area (Å²) in [5, 5.41) is 10.5. The van der Waals surface area contributed by atoms with Gasteiger partial charge in [0.25, 0.3) is 0 Å². The Morgan fingerprint density at radius 3 is 1.60 bits per heavy atom. The van der Waals surface area contributed by atoms with Crippen molar-refractivity contribution in [3.8, 4) is 28.0 Å². The van der Waals surface area contributed by atoms with Gasteiger partial charge in [-0.25, -0.2) is 0 Å². The normalized spacial score (nSPS) is 10.4. The van der Waals surface area contributed by atoms with Gasteiger partial charge in [-0.1, -0.05) is 72.8 Å². The van der Waals surface area contributed by atoms with E-state index in [4.69, 9.17) is 0 Å². The summed E-state index contributed by atoms with van der Waals surface area (Å²) < 4.78 is 0. The van der Waals surface area contributed by atoms with Crippen molar-refractivity contribution in [3.05, 3.63) is 78.4 Å². The molecule has 0 aromatic heterocycles. The van der Waals surface area contributed by atoms with Crippen LogP contribution < -0.4 is 0 Å². The molecule has 3 aromatic rings. The minimum absolute atomic E-state index is 0.359. The van der Waals surface area contributed by atoms with E-state index in [9.17, 15) is 5.11 Å². The predicted molar refractivity (Wildman–Crippen MR) is 83.7 cm³/mol. The molecule has 0 bridgehead atoms. The van der Waals surface area contributed by atoms with E-state index in [1.165, 1.54) is 0 Å². The lowest BCUT2D eigenvalue weighted by Gasteiger charge is -2.12. The van der Waals surface area contributed by atoms with Gasteiger partial charge in [-0.05, 0) is 29.2 Å². The zero-order valence-electron chi connectivity index (χ0n) is 11.4. The summed E-state index contributed by atoms with van der Waals surface area (Å²) in [6.07, 6.45) is 0. The van der Waals surface area contributed by atoms with E-state index in [2.05, 4.69) is 18.2 Å². The van der Waals surface area contributed by atoms with Gasteiger partial charge in [0.05, 0.1) is 0 Å². The van der Waals surface area contributed by atoms with Crippen molar-refractivity contribution < 1.29 is 5.11 Å². The van der Waals surface area contributed by atoms with Crippen molar-refractivity contribution in [2.45, 2.75) is 6.92 Å². The van der Waals surface area contributed by atoms with Crippen LogP contribution in [0.5, 0.6) is 5.75 Å². The minimum atomic E-state index is 0.359. The van der Waals surface area contributed by atoms with Gasteiger partial charge in [0, 0.05) is 5.56 Å². The Balaban J connectivity index is 2.13. The molecule has 0 aliphatic heterocycles. The van der Waals surface area contributed by atoms with E-state index in [0.717, 1.165) is 27.8 Å². The van der Waals surface area contributed by atoms with Gasteiger partial charge in [-0.3, -0.25) is 0 Å². The lowest BCUT2D eigenvalue weighted by molar-refractivity contribution is 0.473. The fourth-order valence-electron chi connectivity index (χ4n) is 2.48. The highest BCUT2D eigenvalue weighted by Crippen LogP contribution is 2.37. The third-order valence-corrected chi connectivity index (χ3v) is 3.60. The lowest BCUT2D eigenvalue weighted by atomic mass is 9.94. The number of aromatic hydroxyl groups is 1. The van der Waals surface area contributed by atoms with E-state index in [1.54, 1.807) is 0 Å². The average Bonchev–Trinajstić information content (AvgIpc) is 2.52. The average molecular weight is 260 g/mol. The van der Waals surface area contributed by atoms with Gasteiger partial charge >= 0.3 is 0 Å². The number of rotatable bonds is 2. The van der Waals surface area contributed by atoms with Crippen LogP contribution in [0.15, 0.2) is 72.8 Å². The maximum absolute atomic E-state index is 10.5. The van der Waals surface area contributed by atoms with Crippen molar-refractivity contribution >= 4 is 0 Å². The van der Waals surface area contributed by atoms with Crippen molar-refractivity contribution in [2.24, 2.45) is 0 Å². The van der Waals surface area contributed by atoms with Gasteiger partial charge < -0.3 is 5.11 Å². The molecule has 0 spiro atoms. The molecule has 0 atom stereocenters. The first kappa shape index (κ1) is 12.5. The molecule has 0 heterocycles. The summed E-state index contributed by atoms with van der Waals surface area (Å²) in [6.45, 7) is 1.96. The highest BCUT2D eigenvalue weighted by molar-refractivity contribution is 5.79. The van der Waals surface area contributed by atoms with Gasteiger partial charge in [0.1, 0.15) is 5.75 Å². The Labute approximate surface area is 119 Å². The maximum Gasteiger partial charge on any atom is 0.126 e. The summed E-state index contributed by atoms with van der Waals surface area (Å²) in [7, 11) is 0. The molecule has 1 N–H and O–H groups in total. The zero-order valence-corrected chi connectivity index (χ0v) is 11.4. The highest BCUT2D eigenvalue weighted by Gasteiger charge is 2.11. The van der Waals surface area contributed by atoms with Gasteiger partial charge in [0.15, 0.2) is 0 Å². The molecule has 0 aliphatic carbocycles. The van der Waals surface area contributed by atoms with Gasteiger partial charge in [0.2, 0.25) is 0 Å². The highest BCUT2D eigenvalue weighted by atomic mass is 16.3. The van der Waals surface area contributed by atoms with Crippen molar-refractivity contribution in [1.29, 1.82) is 0 Å². The zero-order chi connectivity index (χ0) is 13.9. The molecule has 0 saturated carbocycles. The molecule has 3 rings (SSSR count). The second kappa shape index (κ2) is 5.22. The first-order chi connectivity index (χ1) is 9.77. The molecule has 1 heteroatoms. The molecule has 0 radical (unpaired) electrons. The van der Waals surface area contributed by atoms with Crippen molar-refractivity contribution in [2.75, 3.05) is 0 Å². The van der Waals surface area contributed by atoms with Crippen LogP contribution in [-0.4, -0.2) is 5.11 Å². The second-order valence-electron chi connectivity index (χ2n) is 4.87. The number of hydrogen-bond donors (Lipinski definition) is 1. The van der Waals surface area contributed by atoms with Crippen LogP contribution in [-0.2, 0) is 0 Å². The topological polar surface area (TPSA) is 20.2 Å². The summed E-state index contributed by atoms with van der Waals surface area (Å²) in [5.74, 6) is 0.359. The quantitative estimate of drug-likeness (QED) is 0.684. The molecule has 0 saturated heterocycles. The molecule has 98 valence electrons. The largest absolute Gasteiger partial charge is 0.507 e. The number of phenolic OH excluding ortho intramolecular Hbond substituents is 1. The Morgan fingerprint density at radius 1 is 0.600 bits per heavy atom. The second-order valence-corrected chi connectivity index (χ2v) is 4.87. The van der Waals surface area contributed by atoms with Crippen LogP contribution in [0, 0.1) is 6.92 Å². The minimum Gasteiger partial charge on any atom is -0.507 e. The van der Waals surface area contributed by atoms with Crippen LogP contribution in [0.3, 0.4) is 0 Å². The van der Waals surface area contributed by atoms with E-state index in [1.807, 2.05) is 61.5 Å². The molecule has 0 fully saturated rings. The SMILES string of the molecule is Cc1c(-c2ccccc2)ccc(-c2ccccc2)c1O. The molecular formula is C19H16O. The number of benzene rings is 3. The maximum atomic E-state index is 10.5. The predicted octanol–water partition coefficient (Wildman–Crippen LogP) is 5.03. The first-order valence-electron chi connectivity index (χ1n) is 6.71. The first-order valence-corrected chi connectivity index (χ1v) is 6.71. The Hall–Kier alpha value is -2.54. The van der Waals surface area contributed by atoms with Gasteiger partial charge in [-0.15, -0.1) is 0 Å². The summed E-state index contributed by atoms with van der Waals surface area (Å²) >= 11 is 0. The van der Waals surface area contributed by atoms with E-state index in [-0.39, 0.29) is 0 Å². The van der Waals surface area contributed by atoms with Crippen LogP contribution in [0.4, 0.5) is 0 Å². The van der Waals surface area contributed by atoms with Crippen LogP contribution >= 0.6 is 0 Å². The lowest BCUT2D eigenvalue weighted by Crippen LogP contribution is -1.87. The molecule has 1 nitrogen and oxygen atoms in total. The van der Waals surface area contributed by atoms with Crippen LogP contribution in [0.25, 0.3) is 22.3 Å². The molecular weight excluding hydrogens is 244 g/mol. The molecule has 0 amide bonds. The Kier molecular flexibility index (Phi) is 3.26. The third-order valence-electron chi connectivity index (χ3n) is 3.60. The van der Waals surface area contributed by atoms with Gasteiger partial charge in [-0.2, -0.15) is 0 Å². The molecule has 3 aromatic carbocycles. The van der Waals surface area contributed by atoms with E-state index < -0.39 is 0 Å². The number of hydrogen-bond acceptors (Lipinski definition) is 1. The van der Waals surface area contributed by atoms with Crippen molar-refractivity contribution in [3.63, 3.8) is 0 Å². The fraction of sp³-hybridized carbons (Fsp3) is 0.0526. The molecule has 0 unspecified atom stereocenters. The van der Waals surface area contributed by atoms with Crippen LogP contribution in [0.2, 0.25) is 0 Å². The van der Waals surface area contributed by atoms with Crippen LogP contribution in [0.1, 0.15) is 5.56 Å². The Bertz CT molecular complexity index is 651. The smallest absolute Gasteiger partial charge is 0.126 e. The third kappa shape index (κ3) is 2.19. The molecule has 20 heavy (non-hydrogen) atoms. The number of phenols is 1. The molecule has 0 aliphatic rings.